The summed E-state index contributed by atoms with van der Waals surface area (Å²) in [6.07, 6.45) is -0.235. The largest absolute Gasteiger partial charge is 0.480 e. The summed E-state index contributed by atoms with van der Waals surface area (Å²) in [7, 11) is 0. The number of carbonyl (C=O) groups excluding carboxylic acids is 1. The Morgan fingerprint density at radius 3 is 2.26 bits per heavy atom. The van der Waals surface area contributed by atoms with Crippen molar-refractivity contribution in [3.8, 4) is 11.1 Å². The quantitative estimate of drug-likeness (QED) is 0.457. The van der Waals surface area contributed by atoms with Crippen LogP contribution in [0.3, 0.4) is 0 Å². The SMILES string of the molecule is O=C(O)COC1(c2ccc(Br)cc2)CCON(C(=O)OCC2c3ccccc3-c3ccccc32)C1. The summed E-state index contributed by atoms with van der Waals surface area (Å²) in [6, 6.07) is 23.7. The number of ether oxygens (including phenoxy) is 2. The number of fused-ring (bicyclic) bond motifs is 3. The molecule has 2 aliphatic rings. The lowest BCUT2D eigenvalue weighted by Gasteiger charge is -2.41. The zero-order chi connectivity index (χ0) is 24.4. The van der Waals surface area contributed by atoms with Gasteiger partial charge in [-0.2, -0.15) is 5.06 Å². The predicted molar refractivity (Wildman–Crippen MR) is 132 cm³/mol. The molecule has 1 saturated heterocycles. The van der Waals surface area contributed by atoms with E-state index in [2.05, 4.69) is 40.2 Å². The first-order valence-corrected chi connectivity index (χ1v) is 12.1. The standard InChI is InChI=1S/C27H24BrNO6/c28-19-11-9-18(10-12-19)27(34-16-25(30)31)13-14-35-29(17-27)26(32)33-15-24-22-7-3-1-5-20(22)21-6-2-4-8-23(21)24/h1-12,24H,13-17H2,(H,30,31). The Labute approximate surface area is 211 Å². The minimum atomic E-state index is -1.08. The van der Waals surface area contributed by atoms with Crippen molar-refractivity contribution in [1.82, 2.24) is 5.06 Å². The molecule has 3 aromatic rings. The third-order valence-electron chi connectivity index (χ3n) is 6.53. The third kappa shape index (κ3) is 4.69. The van der Waals surface area contributed by atoms with E-state index in [9.17, 15) is 14.7 Å². The number of hydroxylamine groups is 2. The molecule has 0 aromatic heterocycles. The number of hydrogen-bond acceptors (Lipinski definition) is 5. The first-order valence-electron chi connectivity index (χ1n) is 11.3. The van der Waals surface area contributed by atoms with Crippen LogP contribution in [-0.4, -0.2) is 48.6 Å². The number of halogens is 1. The average Bonchev–Trinajstić information content (AvgIpc) is 3.20. The highest BCUT2D eigenvalue weighted by Gasteiger charge is 2.42. The number of carboxylic acid groups (broad SMARTS) is 1. The van der Waals surface area contributed by atoms with Gasteiger partial charge in [-0.15, -0.1) is 0 Å². The van der Waals surface area contributed by atoms with Crippen LogP contribution in [0.4, 0.5) is 4.79 Å². The Hall–Kier alpha value is -3.20. The fourth-order valence-electron chi connectivity index (χ4n) is 4.85. The normalized spacial score (nSPS) is 19.2. The molecule has 1 aliphatic carbocycles. The number of carbonyl (C=O) groups is 2. The van der Waals surface area contributed by atoms with Gasteiger partial charge in [0, 0.05) is 16.8 Å². The van der Waals surface area contributed by atoms with Crippen LogP contribution in [0, 0.1) is 0 Å². The summed E-state index contributed by atoms with van der Waals surface area (Å²) in [5.74, 6) is -1.16. The zero-order valence-corrected chi connectivity index (χ0v) is 20.4. The molecule has 0 saturated carbocycles. The molecule has 0 spiro atoms. The van der Waals surface area contributed by atoms with Gasteiger partial charge in [0.25, 0.3) is 0 Å². The second kappa shape index (κ2) is 9.81. The van der Waals surface area contributed by atoms with E-state index in [0.29, 0.717) is 6.42 Å². The van der Waals surface area contributed by atoms with E-state index in [1.807, 2.05) is 48.5 Å². The summed E-state index contributed by atoms with van der Waals surface area (Å²) in [5.41, 5.74) is 4.28. The molecule has 0 radical (unpaired) electrons. The van der Waals surface area contributed by atoms with Crippen LogP contribution in [0.2, 0.25) is 0 Å². The lowest BCUT2D eigenvalue weighted by molar-refractivity contribution is -0.230. The van der Waals surface area contributed by atoms with Crippen molar-refractivity contribution in [3.05, 3.63) is 94.0 Å². The molecular formula is C27H24BrNO6. The topological polar surface area (TPSA) is 85.3 Å². The summed E-state index contributed by atoms with van der Waals surface area (Å²) < 4.78 is 12.5. The average molecular weight is 538 g/mol. The van der Waals surface area contributed by atoms with Gasteiger partial charge in [0.05, 0.1) is 13.2 Å². The third-order valence-corrected chi connectivity index (χ3v) is 7.06. The van der Waals surface area contributed by atoms with Crippen molar-refractivity contribution < 1.29 is 29.0 Å². The van der Waals surface area contributed by atoms with Crippen LogP contribution in [0.5, 0.6) is 0 Å². The van der Waals surface area contributed by atoms with Crippen molar-refractivity contribution in [2.75, 3.05) is 26.4 Å². The lowest BCUT2D eigenvalue weighted by Crippen LogP contribution is -2.51. The summed E-state index contributed by atoms with van der Waals surface area (Å²) >= 11 is 3.42. The van der Waals surface area contributed by atoms with E-state index in [1.165, 1.54) is 0 Å². The van der Waals surface area contributed by atoms with Gasteiger partial charge in [0.1, 0.15) is 18.8 Å². The number of amides is 1. The van der Waals surface area contributed by atoms with Crippen molar-refractivity contribution in [3.63, 3.8) is 0 Å². The molecule has 3 aromatic carbocycles. The van der Waals surface area contributed by atoms with Gasteiger partial charge in [0.15, 0.2) is 0 Å². The molecule has 5 rings (SSSR count). The Kier molecular flexibility index (Phi) is 6.60. The fraction of sp³-hybridized carbons (Fsp3) is 0.259. The van der Waals surface area contributed by atoms with Gasteiger partial charge >= 0.3 is 12.1 Å². The number of hydrogen-bond donors (Lipinski definition) is 1. The minimum Gasteiger partial charge on any atom is -0.480 e. The van der Waals surface area contributed by atoms with Crippen LogP contribution in [0.25, 0.3) is 11.1 Å². The minimum absolute atomic E-state index is 0.0125. The maximum Gasteiger partial charge on any atom is 0.434 e. The Morgan fingerprint density at radius 2 is 1.63 bits per heavy atom. The molecule has 1 aliphatic heterocycles. The maximum absolute atomic E-state index is 13.1. The van der Waals surface area contributed by atoms with Gasteiger partial charge < -0.3 is 14.6 Å². The molecular weight excluding hydrogens is 514 g/mol. The van der Waals surface area contributed by atoms with E-state index >= 15 is 0 Å². The molecule has 7 nitrogen and oxygen atoms in total. The second-order valence-corrected chi connectivity index (χ2v) is 9.52. The van der Waals surface area contributed by atoms with E-state index in [1.54, 1.807) is 0 Å². The van der Waals surface area contributed by atoms with E-state index < -0.39 is 24.3 Å². The number of aliphatic carboxylic acids is 1. The smallest absolute Gasteiger partial charge is 0.434 e. The first kappa shape index (κ1) is 23.5. The van der Waals surface area contributed by atoms with Crippen molar-refractivity contribution in [2.45, 2.75) is 17.9 Å². The van der Waals surface area contributed by atoms with Gasteiger partial charge in [-0.25, -0.2) is 9.59 Å². The van der Waals surface area contributed by atoms with Crippen molar-refractivity contribution >= 4 is 28.0 Å². The molecule has 180 valence electrons. The van der Waals surface area contributed by atoms with Crippen LogP contribution in [0.1, 0.15) is 29.0 Å². The predicted octanol–water partition coefficient (Wildman–Crippen LogP) is 5.33. The summed E-state index contributed by atoms with van der Waals surface area (Å²) in [5, 5.41) is 10.4. The van der Waals surface area contributed by atoms with Gasteiger partial charge in [-0.3, -0.25) is 4.84 Å². The Bertz CT molecular complexity index is 1200. The van der Waals surface area contributed by atoms with Crippen molar-refractivity contribution in [2.24, 2.45) is 0 Å². The van der Waals surface area contributed by atoms with Gasteiger partial charge in [-0.1, -0.05) is 76.6 Å². The van der Waals surface area contributed by atoms with Gasteiger partial charge in [-0.05, 0) is 39.9 Å². The molecule has 1 heterocycles. The zero-order valence-electron chi connectivity index (χ0n) is 18.9. The molecule has 0 bridgehead atoms. The second-order valence-electron chi connectivity index (χ2n) is 8.61. The van der Waals surface area contributed by atoms with Gasteiger partial charge in [0.2, 0.25) is 0 Å². The number of rotatable bonds is 6. The molecule has 1 fully saturated rings. The van der Waals surface area contributed by atoms with Crippen molar-refractivity contribution in [1.29, 1.82) is 0 Å². The monoisotopic (exact) mass is 537 g/mol. The molecule has 1 atom stereocenters. The number of benzene rings is 3. The van der Waals surface area contributed by atoms with Crippen LogP contribution in [0.15, 0.2) is 77.3 Å². The van der Waals surface area contributed by atoms with E-state index in [-0.39, 0.29) is 25.7 Å². The van der Waals surface area contributed by atoms with E-state index in [0.717, 1.165) is 37.4 Å². The first-order chi connectivity index (χ1) is 17.0. The molecule has 35 heavy (non-hydrogen) atoms. The summed E-state index contributed by atoms with van der Waals surface area (Å²) in [4.78, 5) is 30.0. The highest BCUT2D eigenvalue weighted by atomic mass is 79.9. The highest BCUT2D eigenvalue weighted by molar-refractivity contribution is 9.10. The molecule has 8 heteroatoms. The van der Waals surface area contributed by atoms with E-state index in [4.69, 9.17) is 14.3 Å². The highest BCUT2D eigenvalue weighted by Crippen LogP contribution is 2.44. The number of nitrogens with zero attached hydrogens (tertiary/aromatic N) is 1. The maximum atomic E-state index is 13.1. The fourth-order valence-corrected chi connectivity index (χ4v) is 5.12. The van der Waals surface area contributed by atoms with Crippen LogP contribution >= 0.6 is 15.9 Å². The Balaban J connectivity index is 1.33. The Morgan fingerprint density at radius 1 is 1.00 bits per heavy atom. The summed E-state index contributed by atoms with van der Waals surface area (Å²) in [6.45, 7) is -0.138. The molecule has 1 N–H and O–H groups in total. The lowest BCUT2D eigenvalue weighted by atomic mass is 9.89. The van der Waals surface area contributed by atoms with Crippen LogP contribution < -0.4 is 0 Å². The number of carboxylic acids is 1. The molecule has 1 unspecified atom stereocenters. The molecule has 1 amide bonds. The van der Waals surface area contributed by atoms with Crippen LogP contribution in [-0.2, 0) is 24.7 Å².